The fourth-order valence-corrected chi connectivity index (χ4v) is 3.47. The van der Waals surface area contributed by atoms with Crippen LogP contribution in [0.3, 0.4) is 0 Å². The van der Waals surface area contributed by atoms with Crippen LogP contribution in [0.5, 0.6) is 0 Å². The number of amides is 1. The average molecular weight is 364 g/mol. The van der Waals surface area contributed by atoms with Crippen LogP contribution in [0.4, 0.5) is 11.5 Å². The number of nitrogens with zero attached hydrogens (tertiary/aromatic N) is 3. The first-order chi connectivity index (χ1) is 13.3. The molecule has 6 heteroatoms. The monoisotopic (exact) mass is 364 g/mol. The summed E-state index contributed by atoms with van der Waals surface area (Å²) in [5.41, 5.74) is 4.35. The second kappa shape index (κ2) is 8.31. The van der Waals surface area contributed by atoms with Crippen molar-refractivity contribution in [3.8, 4) is 0 Å². The van der Waals surface area contributed by atoms with E-state index >= 15 is 0 Å². The van der Waals surface area contributed by atoms with Crippen molar-refractivity contribution < 1.29 is 9.53 Å². The van der Waals surface area contributed by atoms with E-state index in [4.69, 9.17) is 9.73 Å². The fourth-order valence-electron chi connectivity index (χ4n) is 3.47. The Morgan fingerprint density at radius 2 is 1.93 bits per heavy atom. The van der Waals surface area contributed by atoms with Crippen LogP contribution in [0.2, 0.25) is 0 Å². The lowest BCUT2D eigenvalue weighted by atomic mass is 10.0. The molecule has 0 bridgehead atoms. The molecule has 6 nitrogen and oxygen atoms in total. The number of nitrogens with one attached hydrogen (secondary N) is 1. The van der Waals surface area contributed by atoms with E-state index in [-0.39, 0.29) is 5.91 Å². The van der Waals surface area contributed by atoms with E-state index in [2.05, 4.69) is 39.5 Å². The molecule has 3 heterocycles. The quantitative estimate of drug-likeness (QED) is 0.909. The van der Waals surface area contributed by atoms with Crippen molar-refractivity contribution >= 4 is 23.1 Å². The molecule has 0 spiro atoms. The van der Waals surface area contributed by atoms with Gasteiger partial charge in [-0.15, -0.1) is 0 Å². The van der Waals surface area contributed by atoms with E-state index in [1.807, 2.05) is 12.1 Å². The summed E-state index contributed by atoms with van der Waals surface area (Å²) in [7, 11) is 0. The molecule has 0 aliphatic carbocycles. The fraction of sp³-hybridized carbons (Fsp3) is 0.381. The summed E-state index contributed by atoms with van der Waals surface area (Å²) in [4.78, 5) is 23.4. The molecule has 140 valence electrons. The summed E-state index contributed by atoms with van der Waals surface area (Å²) in [5, 5.41) is 2.89. The van der Waals surface area contributed by atoms with Crippen molar-refractivity contribution in [2.45, 2.75) is 25.8 Å². The first-order valence-corrected chi connectivity index (χ1v) is 9.50. The Labute approximate surface area is 159 Å². The normalized spacial score (nSPS) is 19.2. The molecular weight excluding hydrogens is 340 g/mol. The lowest BCUT2D eigenvalue weighted by Gasteiger charge is -2.28. The van der Waals surface area contributed by atoms with Gasteiger partial charge in [-0.3, -0.25) is 9.79 Å². The molecule has 1 fully saturated rings. The highest BCUT2D eigenvalue weighted by Crippen LogP contribution is 2.21. The Hall–Kier alpha value is -2.73. The molecule has 27 heavy (non-hydrogen) atoms. The standard InChI is InChI=1S/C21H24N4O2/c26-20-5-1-4-19(18-3-2-10-22-21(18)24-20)23-15-16-6-8-17(9-7-16)25-11-13-27-14-12-25/h2-3,6-10H,1,4-5,11-15H2,(H,22,24,26). The Morgan fingerprint density at radius 3 is 2.74 bits per heavy atom. The Bertz CT molecular complexity index is 826. The molecule has 1 amide bonds. The SMILES string of the molecule is O=C1CCCC(=NCc2ccc(N3CCOCC3)cc2)c2cccnc2N1. The van der Waals surface area contributed by atoms with Gasteiger partial charge >= 0.3 is 0 Å². The van der Waals surface area contributed by atoms with Crippen LogP contribution < -0.4 is 10.2 Å². The number of aliphatic imine (C=N–C) groups is 1. The second-order valence-electron chi connectivity index (χ2n) is 6.83. The molecule has 1 aromatic heterocycles. The van der Waals surface area contributed by atoms with Crippen LogP contribution in [0, 0.1) is 0 Å². The maximum Gasteiger partial charge on any atom is 0.225 e. The third kappa shape index (κ3) is 4.34. The van der Waals surface area contributed by atoms with Gasteiger partial charge in [0.15, 0.2) is 0 Å². The van der Waals surface area contributed by atoms with Crippen LogP contribution in [-0.4, -0.2) is 42.9 Å². The van der Waals surface area contributed by atoms with Crippen LogP contribution in [0.1, 0.15) is 30.4 Å². The molecule has 0 saturated carbocycles. The molecule has 1 saturated heterocycles. The number of benzene rings is 1. The number of ether oxygens (including phenoxy) is 1. The van der Waals surface area contributed by atoms with E-state index in [0.717, 1.165) is 50.4 Å². The zero-order valence-corrected chi connectivity index (χ0v) is 15.4. The van der Waals surface area contributed by atoms with Crippen molar-refractivity contribution in [1.82, 2.24) is 4.98 Å². The highest BCUT2D eigenvalue weighted by atomic mass is 16.5. The molecule has 0 unspecified atom stereocenters. The van der Waals surface area contributed by atoms with Gasteiger partial charge in [0.1, 0.15) is 5.82 Å². The number of fused-ring (bicyclic) bond motifs is 1. The summed E-state index contributed by atoms with van der Waals surface area (Å²) in [6.45, 7) is 4.09. The van der Waals surface area contributed by atoms with Gasteiger partial charge in [-0.1, -0.05) is 12.1 Å². The van der Waals surface area contributed by atoms with E-state index in [9.17, 15) is 4.79 Å². The molecule has 1 N–H and O–H groups in total. The molecule has 2 aromatic rings. The Kier molecular flexibility index (Phi) is 5.44. The summed E-state index contributed by atoms with van der Waals surface area (Å²) in [5.74, 6) is 0.635. The topological polar surface area (TPSA) is 66.8 Å². The largest absolute Gasteiger partial charge is 0.378 e. The number of pyridine rings is 1. The van der Waals surface area contributed by atoms with Crippen molar-refractivity contribution in [1.29, 1.82) is 0 Å². The lowest BCUT2D eigenvalue weighted by molar-refractivity contribution is -0.116. The van der Waals surface area contributed by atoms with E-state index in [0.29, 0.717) is 18.8 Å². The smallest absolute Gasteiger partial charge is 0.225 e. The minimum absolute atomic E-state index is 0.0210. The molecule has 0 radical (unpaired) electrons. The van der Waals surface area contributed by atoms with Crippen LogP contribution in [0.15, 0.2) is 47.6 Å². The first kappa shape index (κ1) is 17.7. The minimum atomic E-state index is 0.0210. The van der Waals surface area contributed by atoms with Gasteiger partial charge in [-0.05, 0) is 42.7 Å². The van der Waals surface area contributed by atoms with E-state index in [1.54, 1.807) is 6.20 Å². The summed E-state index contributed by atoms with van der Waals surface area (Å²) >= 11 is 0. The lowest BCUT2D eigenvalue weighted by Crippen LogP contribution is -2.36. The Balaban J connectivity index is 1.50. The molecule has 4 rings (SSSR count). The van der Waals surface area contributed by atoms with Gasteiger partial charge in [-0.25, -0.2) is 4.98 Å². The zero-order chi connectivity index (χ0) is 18.5. The Morgan fingerprint density at radius 1 is 1.11 bits per heavy atom. The van der Waals surface area contributed by atoms with Crippen LogP contribution in [0.25, 0.3) is 0 Å². The second-order valence-corrected chi connectivity index (χ2v) is 6.83. The molecule has 1 aromatic carbocycles. The average Bonchev–Trinajstić information content (AvgIpc) is 2.71. The minimum Gasteiger partial charge on any atom is -0.378 e. The van der Waals surface area contributed by atoms with Gasteiger partial charge < -0.3 is 15.0 Å². The number of morpholine rings is 1. The summed E-state index contributed by atoms with van der Waals surface area (Å²) < 4.78 is 5.41. The van der Waals surface area contributed by atoms with Gasteiger partial charge in [0.2, 0.25) is 5.91 Å². The highest BCUT2D eigenvalue weighted by molar-refractivity contribution is 6.08. The van der Waals surface area contributed by atoms with Gasteiger partial charge in [-0.2, -0.15) is 0 Å². The van der Waals surface area contributed by atoms with E-state index < -0.39 is 0 Å². The number of hydrogen-bond donors (Lipinski definition) is 1. The van der Waals surface area contributed by atoms with Crippen molar-refractivity contribution in [2.75, 3.05) is 36.5 Å². The number of hydrogen-bond acceptors (Lipinski definition) is 5. The predicted octanol–water partition coefficient (Wildman–Crippen LogP) is 3.03. The van der Waals surface area contributed by atoms with Crippen LogP contribution >= 0.6 is 0 Å². The van der Waals surface area contributed by atoms with Crippen molar-refractivity contribution in [2.24, 2.45) is 4.99 Å². The molecule has 0 atom stereocenters. The number of anilines is 2. The van der Waals surface area contributed by atoms with Gasteiger partial charge in [0.25, 0.3) is 0 Å². The number of carbonyl (C=O) groups excluding carboxylic acids is 1. The first-order valence-electron chi connectivity index (χ1n) is 9.50. The maximum absolute atomic E-state index is 11.8. The number of rotatable bonds is 3. The van der Waals surface area contributed by atoms with E-state index in [1.165, 1.54) is 11.3 Å². The molecule has 2 aliphatic rings. The third-order valence-electron chi connectivity index (χ3n) is 4.96. The molecule has 2 aliphatic heterocycles. The third-order valence-corrected chi connectivity index (χ3v) is 4.96. The molecular formula is C21H24N4O2. The number of carbonyl (C=O) groups is 1. The van der Waals surface area contributed by atoms with Crippen molar-refractivity contribution in [3.63, 3.8) is 0 Å². The summed E-state index contributed by atoms with van der Waals surface area (Å²) in [6, 6.07) is 12.5. The van der Waals surface area contributed by atoms with Crippen molar-refractivity contribution in [3.05, 3.63) is 53.7 Å². The number of aromatic nitrogens is 1. The van der Waals surface area contributed by atoms with Gasteiger partial charge in [0, 0.05) is 42.7 Å². The predicted molar refractivity (Wildman–Crippen MR) is 106 cm³/mol. The highest BCUT2D eigenvalue weighted by Gasteiger charge is 2.17. The maximum atomic E-state index is 11.8. The van der Waals surface area contributed by atoms with Crippen LogP contribution in [-0.2, 0) is 16.1 Å². The summed E-state index contributed by atoms with van der Waals surface area (Å²) in [6.07, 6.45) is 3.79. The zero-order valence-electron chi connectivity index (χ0n) is 15.4. The van der Waals surface area contributed by atoms with Gasteiger partial charge in [0.05, 0.1) is 19.8 Å².